The molecule has 0 aromatic carbocycles. The summed E-state index contributed by atoms with van der Waals surface area (Å²) in [5, 5.41) is 3.63. The van der Waals surface area contributed by atoms with E-state index in [4.69, 9.17) is 9.47 Å². The summed E-state index contributed by atoms with van der Waals surface area (Å²) in [7, 11) is 0. The molecule has 1 unspecified atom stereocenters. The normalized spacial score (nSPS) is 38.2. The topological polar surface area (TPSA) is 30.5 Å². The Labute approximate surface area is 93.5 Å². The van der Waals surface area contributed by atoms with Crippen LogP contribution in [0.3, 0.4) is 0 Å². The van der Waals surface area contributed by atoms with Crippen molar-refractivity contribution in [2.45, 2.75) is 64.8 Å². The average molecular weight is 215 g/mol. The summed E-state index contributed by atoms with van der Waals surface area (Å²) in [6.45, 7) is 12.1. The Kier molecular flexibility index (Phi) is 4.15. The van der Waals surface area contributed by atoms with Crippen LogP contribution in [0, 0.1) is 0 Å². The van der Waals surface area contributed by atoms with Gasteiger partial charge in [-0.1, -0.05) is 6.92 Å². The Morgan fingerprint density at radius 2 is 2.07 bits per heavy atom. The Bertz CT molecular complexity index is 210. The van der Waals surface area contributed by atoms with Crippen LogP contribution in [-0.4, -0.2) is 30.6 Å². The lowest BCUT2D eigenvalue weighted by Gasteiger charge is -2.41. The summed E-state index contributed by atoms with van der Waals surface area (Å²) in [5.41, 5.74) is -0.0710. The fraction of sp³-hybridized carbons (Fsp3) is 1.00. The summed E-state index contributed by atoms with van der Waals surface area (Å²) in [6, 6.07) is 0.497. The van der Waals surface area contributed by atoms with Crippen LogP contribution in [0.5, 0.6) is 0 Å². The van der Waals surface area contributed by atoms with Gasteiger partial charge in [0, 0.05) is 12.6 Å². The van der Waals surface area contributed by atoms with E-state index in [0.717, 1.165) is 19.4 Å². The molecule has 1 fully saturated rings. The molecule has 0 radical (unpaired) electrons. The quantitative estimate of drug-likeness (QED) is 0.763. The highest BCUT2D eigenvalue weighted by atomic mass is 16.7. The van der Waals surface area contributed by atoms with Crippen molar-refractivity contribution in [2.75, 3.05) is 13.2 Å². The fourth-order valence-corrected chi connectivity index (χ4v) is 2.16. The molecule has 1 N–H and O–H groups in total. The number of hydrogen-bond acceptors (Lipinski definition) is 3. The monoisotopic (exact) mass is 215 g/mol. The van der Waals surface area contributed by atoms with Crippen LogP contribution in [0.15, 0.2) is 0 Å². The molecule has 0 aromatic rings. The first kappa shape index (κ1) is 12.9. The highest BCUT2D eigenvalue weighted by Gasteiger charge is 2.51. The van der Waals surface area contributed by atoms with Gasteiger partial charge in [0.15, 0.2) is 5.79 Å². The van der Waals surface area contributed by atoms with Crippen LogP contribution in [0.1, 0.15) is 47.5 Å². The maximum Gasteiger partial charge on any atom is 0.183 e. The molecular formula is C12H25NO2. The molecule has 0 saturated carbocycles. The first-order valence-corrected chi connectivity index (χ1v) is 6.03. The Morgan fingerprint density at radius 3 is 2.60 bits per heavy atom. The van der Waals surface area contributed by atoms with Crippen LogP contribution < -0.4 is 5.32 Å². The minimum Gasteiger partial charge on any atom is -0.349 e. The first-order valence-electron chi connectivity index (χ1n) is 6.03. The van der Waals surface area contributed by atoms with E-state index in [-0.39, 0.29) is 5.54 Å². The van der Waals surface area contributed by atoms with E-state index in [9.17, 15) is 0 Å². The maximum absolute atomic E-state index is 5.77. The van der Waals surface area contributed by atoms with Crippen molar-refractivity contribution in [3.05, 3.63) is 0 Å². The average Bonchev–Trinajstić information content (AvgIpc) is 2.43. The van der Waals surface area contributed by atoms with E-state index in [2.05, 4.69) is 26.1 Å². The standard InChI is InChI=1S/C12H25NO2/c1-6-10(3)13-11(4)8-9-15-12(11,5)14-7-2/h10,13H,6-9H2,1-5H3/t10?,11-,12+/m0/s1. The Morgan fingerprint density at radius 1 is 1.40 bits per heavy atom. The summed E-state index contributed by atoms with van der Waals surface area (Å²) in [5.74, 6) is -0.481. The van der Waals surface area contributed by atoms with Gasteiger partial charge >= 0.3 is 0 Å². The molecular weight excluding hydrogens is 190 g/mol. The second-order valence-corrected chi connectivity index (χ2v) is 4.76. The van der Waals surface area contributed by atoms with Gasteiger partial charge in [-0.15, -0.1) is 0 Å². The molecule has 1 aliphatic heterocycles. The number of rotatable bonds is 5. The van der Waals surface area contributed by atoms with E-state index >= 15 is 0 Å². The SMILES string of the molecule is CCO[C@]1(C)OCC[C@]1(C)NC(C)CC. The molecule has 0 amide bonds. The van der Waals surface area contributed by atoms with Gasteiger partial charge in [0.25, 0.3) is 0 Å². The minimum atomic E-state index is -0.481. The molecule has 3 nitrogen and oxygen atoms in total. The van der Waals surface area contributed by atoms with Crippen molar-refractivity contribution >= 4 is 0 Å². The van der Waals surface area contributed by atoms with E-state index in [0.29, 0.717) is 12.6 Å². The van der Waals surface area contributed by atoms with Gasteiger partial charge < -0.3 is 14.8 Å². The second kappa shape index (κ2) is 4.81. The molecule has 0 bridgehead atoms. The lowest BCUT2D eigenvalue weighted by molar-refractivity contribution is -0.226. The van der Waals surface area contributed by atoms with Crippen LogP contribution in [0.25, 0.3) is 0 Å². The van der Waals surface area contributed by atoms with Gasteiger partial charge in [-0.3, -0.25) is 0 Å². The lowest BCUT2D eigenvalue weighted by Crippen LogP contribution is -2.60. The third-order valence-corrected chi connectivity index (χ3v) is 3.58. The van der Waals surface area contributed by atoms with E-state index in [1.165, 1.54) is 0 Å². The van der Waals surface area contributed by atoms with Crippen molar-refractivity contribution in [1.29, 1.82) is 0 Å². The molecule has 0 spiro atoms. The van der Waals surface area contributed by atoms with Gasteiger partial charge in [-0.25, -0.2) is 0 Å². The molecule has 1 rings (SSSR count). The predicted molar refractivity (Wildman–Crippen MR) is 61.9 cm³/mol. The number of nitrogens with one attached hydrogen (secondary N) is 1. The smallest absolute Gasteiger partial charge is 0.183 e. The maximum atomic E-state index is 5.77. The van der Waals surface area contributed by atoms with Crippen LogP contribution in [0.2, 0.25) is 0 Å². The third-order valence-electron chi connectivity index (χ3n) is 3.58. The van der Waals surface area contributed by atoms with Gasteiger partial charge in [0.1, 0.15) is 0 Å². The Hall–Kier alpha value is -0.120. The zero-order chi connectivity index (χ0) is 11.5. The molecule has 3 heteroatoms. The summed E-state index contributed by atoms with van der Waals surface area (Å²) >= 11 is 0. The highest BCUT2D eigenvalue weighted by Crippen LogP contribution is 2.37. The Balaban J connectivity index is 2.71. The van der Waals surface area contributed by atoms with Gasteiger partial charge in [-0.2, -0.15) is 0 Å². The molecule has 15 heavy (non-hydrogen) atoms. The van der Waals surface area contributed by atoms with E-state index < -0.39 is 5.79 Å². The van der Waals surface area contributed by atoms with Crippen molar-refractivity contribution in [3.63, 3.8) is 0 Å². The molecule has 1 saturated heterocycles. The molecule has 1 aliphatic rings. The van der Waals surface area contributed by atoms with E-state index in [1.807, 2.05) is 13.8 Å². The highest BCUT2D eigenvalue weighted by molar-refractivity contribution is 5.00. The minimum absolute atomic E-state index is 0.0710. The lowest BCUT2D eigenvalue weighted by atomic mass is 9.90. The summed E-state index contributed by atoms with van der Waals surface area (Å²) < 4.78 is 11.5. The fourth-order valence-electron chi connectivity index (χ4n) is 2.16. The zero-order valence-corrected chi connectivity index (χ0v) is 10.7. The third kappa shape index (κ3) is 2.52. The molecule has 0 aliphatic carbocycles. The molecule has 3 atom stereocenters. The van der Waals surface area contributed by atoms with Gasteiger partial charge in [0.05, 0.1) is 12.1 Å². The first-order chi connectivity index (χ1) is 6.97. The number of hydrogen-bond donors (Lipinski definition) is 1. The molecule has 1 heterocycles. The summed E-state index contributed by atoms with van der Waals surface area (Å²) in [6.07, 6.45) is 2.13. The van der Waals surface area contributed by atoms with Crippen molar-refractivity contribution < 1.29 is 9.47 Å². The van der Waals surface area contributed by atoms with Crippen molar-refractivity contribution in [2.24, 2.45) is 0 Å². The van der Waals surface area contributed by atoms with Crippen LogP contribution >= 0.6 is 0 Å². The van der Waals surface area contributed by atoms with Crippen LogP contribution in [0.4, 0.5) is 0 Å². The molecule has 90 valence electrons. The van der Waals surface area contributed by atoms with E-state index in [1.54, 1.807) is 0 Å². The van der Waals surface area contributed by atoms with Crippen molar-refractivity contribution in [3.8, 4) is 0 Å². The zero-order valence-electron chi connectivity index (χ0n) is 10.7. The second-order valence-electron chi connectivity index (χ2n) is 4.76. The summed E-state index contributed by atoms with van der Waals surface area (Å²) in [4.78, 5) is 0. The van der Waals surface area contributed by atoms with Gasteiger partial charge in [0.2, 0.25) is 0 Å². The van der Waals surface area contributed by atoms with Gasteiger partial charge in [-0.05, 0) is 40.5 Å². The largest absolute Gasteiger partial charge is 0.349 e. The van der Waals surface area contributed by atoms with Crippen LogP contribution in [-0.2, 0) is 9.47 Å². The molecule has 0 aromatic heterocycles. The van der Waals surface area contributed by atoms with Crippen molar-refractivity contribution in [1.82, 2.24) is 5.32 Å². The number of ether oxygens (including phenoxy) is 2. The predicted octanol–water partition coefficient (Wildman–Crippen LogP) is 2.31.